The summed E-state index contributed by atoms with van der Waals surface area (Å²) in [5.74, 6) is 1.67. The molecule has 4 aromatic rings. The lowest BCUT2D eigenvalue weighted by molar-refractivity contribution is 0.0525. The Morgan fingerprint density at radius 2 is 1.94 bits per heavy atom. The highest BCUT2D eigenvalue weighted by atomic mass is 19.1. The Morgan fingerprint density at radius 1 is 1.15 bits per heavy atom. The Labute approximate surface area is 198 Å². The molecule has 1 saturated carbocycles. The first-order chi connectivity index (χ1) is 16.4. The third-order valence-electron chi connectivity index (χ3n) is 7.43. The molecule has 1 fully saturated rings. The zero-order valence-electron chi connectivity index (χ0n) is 19.9. The number of carbonyl (C=O) groups is 1. The Hall–Kier alpha value is -3.28. The van der Waals surface area contributed by atoms with Crippen molar-refractivity contribution in [1.29, 1.82) is 0 Å². The van der Waals surface area contributed by atoms with E-state index in [2.05, 4.69) is 23.0 Å². The molecule has 0 bridgehead atoms. The predicted octanol–water partition coefficient (Wildman–Crippen LogP) is 6.81. The summed E-state index contributed by atoms with van der Waals surface area (Å²) in [6, 6.07) is 10.7. The fourth-order valence-corrected chi connectivity index (χ4v) is 5.48. The van der Waals surface area contributed by atoms with Crippen LogP contribution in [-0.4, -0.2) is 27.5 Å². The molecule has 2 aromatic heterocycles. The number of nitrogens with one attached hydrogen (secondary N) is 1. The van der Waals surface area contributed by atoms with Gasteiger partial charge in [-0.05, 0) is 98.9 Å². The fraction of sp³-hybridized carbons (Fsp3) is 0.393. The molecule has 0 saturated heterocycles. The third kappa shape index (κ3) is 4.17. The van der Waals surface area contributed by atoms with Gasteiger partial charge in [0.15, 0.2) is 0 Å². The molecule has 0 spiro atoms. The van der Waals surface area contributed by atoms with E-state index in [0.29, 0.717) is 24.0 Å². The van der Waals surface area contributed by atoms with E-state index in [9.17, 15) is 9.18 Å². The number of ether oxygens (including phenoxy) is 1. The molecule has 1 N–H and O–H groups in total. The van der Waals surface area contributed by atoms with Crippen LogP contribution in [0.1, 0.15) is 78.7 Å². The quantitative estimate of drug-likeness (QED) is 0.333. The summed E-state index contributed by atoms with van der Waals surface area (Å²) in [7, 11) is 0. The average molecular weight is 460 g/mol. The molecule has 176 valence electrons. The highest BCUT2D eigenvalue weighted by Gasteiger charge is 2.29. The molecule has 5 rings (SSSR count). The molecular weight excluding hydrogens is 429 g/mol. The lowest BCUT2D eigenvalue weighted by Crippen LogP contribution is -2.19. The van der Waals surface area contributed by atoms with E-state index in [0.717, 1.165) is 59.0 Å². The van der Waals surface area contributed by atoms with Crippen LogP contribution < -0.4 is 0 Å². The third-order valence-corrected chi connectivity index (χ3v) is 7.43. The van der Waals surface area contributed by atoms with Crippen LogP contribution >= 0.6 is 0 Å². The maximum atomic E-state index is 13.9. The standard InChI is InChI=1S/C28H30FN3O2/c1-4-34-28(33)22-15-26-25(13-16(22)2)31-27(32-26)17(3)18-5-7-19(8-6-18)21-11-12-30-24-10-9-20(29)14-23(21)24/h9-15,17-19H,4-8H2,1-3H3,(H,31,32)/t17-,18?,19?/m1/s1. The molecule has 0 aliphatic heterocycles. The second-order valence-electron chi connectivity index (χ2n) is 9.49. The molecule has 34 heavy (non-hydrogen) atoms. The van der Waals surface area contributed by atoms with Crippen LogP contribution in [0.4, 0.5) is 4.39 Å². The molecule has 2 aromatic carbocycles. The van der Waals surface area contributed by atoms with Gasteiger partial charge in [0.25, 0.3) is 0 Å². The van der Waals surface area contributed by atoms with Gasteiger partial charge >= 0.3 is 5.97 Å². The summed E-state index contributed by atoms with van der Waals surface area (Å²) in [5, 5.41) is 0.934. The number of fused-ring (bicyclic) bond motifs is 2. The number of aromatic nitrogens is 3. The number of halogens is 1. The van der Waals surface area contributed by atoms with Gasteiger partial charge in [-0.15, -0.1) is 0 Å². The van der Waals surface area contributed by atoms with Crippen molar-refractivity contribution in [3.8, 4) is 0 Å². The highest BCUT2D eigenvalue weighted by molar-refractivity contribution is 5.95. The second kappa shape index (κ2) is 9.16. The Morgan fingerprint density at radius 3 is 2.71 bits per heavy atom. The summed E-state index contributed by atoms with van der Waals surface area (Å²) in [6.45, 7) is 6.32. The largest absolute Gasteiger partial charge is 0.462 e. The Balaban J connectivity index is 1.33. The molecule has 6 heteroatoms. The van der Waals surface area contributed by atoms with Crippen molar-refractivity contribution in [2.75, 3.05) is 6.61 Å². The number of H-pyrrole nitrogens is 1. The fourth-order valence-electron chi connectivity index (χ4n) is 5.48. The van der Waals surface area contributed by atoms with Crippen molar-refractivity contribution in [2.45, 2.75) is 58.3 Å². The smallest absolute Gasteiger partial charge is 0.338 e. The second-order valence-corrected chi connectivity index (χ2v) is 9.49. The predicted molar refractivity (Wildman–Crippen MR) is 132 cm³/mol. The molecule has 1 aliphatic rings. The number of hydrogen-bond donors (Lipinski definition) is 1. The van der Waals surface area contributed by atoms with Crippen LogP contribution in [0.5, 0.6) is 0 Å². The Bertz CT molecular complexity index is 1350. The summed E-state index contributed by atoms with van der Waals surface area (Å²) in [6.07, 6.45) is 6.16. The van der Waals surface area contributed by atoms with Gasteiger partial charge in [0, 0.05) is 17.5 Å². The maximum absolute atomic E-state index is 13.9. The summed E-state index contributed by atoms with van der Waals surface area (Å²) >= 11 is 0. The number of benzene rings is 2. The topological polar surface area (TPSA) is 67.9 Å². The minimum absolute atomic E-state index is 0.213. The SMILES string of the molecule is CCOC(=O)c1cc2nc([C@H](C)C3CCC(c4ccnc5ccc(F)cc45)CC3)[nH]c2cc1C. The van der Waals surface area contributed by atoms with Crippen LogP contribution in [0.2, 0.25) is 0 Å². The van der Waals surface area contributed by atoms with E-state index < -0.39 is 0 Å². The van der Waals surface area contributed by atoms with Crippen molar-refractivity contribution >= 4 is 27.9 Å². The van der Waals surface area contributed by atoms with Crippen molar-refractivity contribution in [1.82, 2.24) is 15.0 Å². The van der Waals surface area contributed by atoms with Gasteiger partial charge in [0.2, 0.25) is 0 Å². The van der Waals surface area contributed by atoms with E-state index in [1.54, 1.807) is 12.1 Å². The lowest BCUT2D eigenvalue weighted by atomic mass is 9.73. The highest BCUT2D eigenvalue weighted by Crippen LogP contribution is 2.43. The first-order valence-corrected chi connectivity index (χ1v) is 12.2. The summed E-state index contributed by atoms with van der Waals surface area (Å²) in [5.41, 5.74) is 5.27. The molecule has 1 aliphatic carbocycles. The number of aryl methyl sites for hydroxylation is 1. The van der Waals surface area contributed by atoms with Gasteiger partial charge in [-0.2, -0.15) is 0 Å². The van der Waals surface area contributed by atoms with E-state index in [1.807, 2.05) is 32.2 Å². The van der Waals surface area contributed by atoms with Crippen LogP contribution in [0.3, 0.4) is 0 Å². The number of hydrogen-bond acceptors (Lipinski definition) is 4. The number of esters is 1. The number of pyridine rings is 1. The number of rotatable bonds is 5. The number of aromatic amines is 1. The molecular formula is C28H30FN3O2. The van der Waals surface area contributed by atoms with Crippen LogP contribution in [0, 0.1) is 18.7 Å². The first kappa shape index (κ1) is 22.5. The zero-order chi connectivity index (χ0) is 23.8. The van der Waals surface area contributed by atoms with E-state index in [-0.39, 0.29) is 17.7 Å². The minimum atomic E-state index is -0.304. The number of carbonyl (C=O) groups excluding carboxylic acids is 1. The maximum Gasteiger partial charge on any atom is 0.338 e. The van der Waals surface area contributed by atoms with E-state index in [4.69, 9.17) is 9.72 Å². The molecule has 0 unspecified atom stereocenters. The Kier molecular flexibility index (Phi) is 6.07. The average Bonchev–Trinajstić information content (AvgIpc) is 3.25. The van der Waals surface area contributed by atoms with Crippen LogP contribution in [0.15, 0.2) is 42.6 Å². The minimum Gasteiger partial charge on any atom is -0.462 e. The van der Waals surface area contributed by atoms with Gasteiger partial charge in [0.05, 0.1) is 28.7 Å². The van der Waals surface area contributed by atoms with Crippen molar-refractivity contribution < 1.29 is 13.9 Å². The summed E-state index contributed by atoms with van der Waals surface area (Å²) < 4.78 is 19.1. The monoisotopic (exact) mass is 459 g/mol. The van der Waals surface area contributed by atoms with Crippen LogP contribution in [-0.2, 0) is 4.74 Å². The lowest BCUT2D eigenvalue weighted by Gasteiger charge is -2.32. The van der Waals surface area contributed by atoms with Gasteiger partial charge in [-0.1, -0.05) is 6.92 Å². The van der Waals surface area contributed by atoms with Gasteiger partial charge in [-0.3, -0.25) is 4.98 Å². The zero-order valence-corrected chi connectivity index (χ0v) is 19.9. The normalized spacial score (nSPS) is 19.4. The van der Waals surface area contributed by atoms with Gasteiger partial charge in [0.1, 0.15) is 11.6 Å². The molecule has 1 atom stereocenters. The van der Waals surface area contributed by atoms with Gasteiger partial charge < -0.3 is 9.72 Å². The molecule has 0 amide bonds. The van der Waals surface area contributed by atoms with Crippen molar-refractivity contribution in [3.63, 3.8) is 0 Å². The number of nitrogens with zero attached hydrogens (tertiary/aromatic N) is 2. The summed E-state index contributed by atoms with van der Waals surface area (Å²) in [4.78, 5) is 25.0. The van der Waals surface area contributed by atoms with E-state index >= 15 is 0 Å². The molecule has 0 radical (unpaired) electrons. The first-order valence-electron chi connectivity index (χ1n) is 12.2. The van der Waals surface area contributed by atoms with Crippen molar-refractivity contribution in [2.24, 2.45) is 5.92 Å². The van der Waals surface area contributed by atoms with Crippen LogP contribution in [0.25, 0.3) is 21.9 Å². The van der Waals surface area contributed by atoms with Crippen molar-refractivity contribution in [3.05, 3.63) is 70.9 Å². The van der Waals surface area contributed by atoms with E-state index in [1.165, 1.54) is 11.6 Å². The molecule has 5 nitrogen and oxygen atoms in total. The number of imidazole rings is 1. The van der Waals surface area contributed by atoms with Gasteiger partial charge in [-0.25, -0.2) is 14.2 Å². The molecule has 2 heterocycles.